The van der Waals surface area contributed by atoms with E-state index >= 15 is 0 Å². The van der Waals surface area contributed by atoms with E-state index in [1.165, 1.54) is 0 Å². The first kappa shape index (κ1) is 14.2. The summed E-state index contributed by atoms with van der Waals surface area (Å²) < 4.78 is 5.20. The van der Waals surface area contributed by atoms with E-state index in [0.717, 1.165) is 24.0 Å². The van der Waals surface area contributed by atoms with E-state index < -0.39 is 0 Å². The maximum absolute atomic E-state index is 12.0. The molecule has 0 aliphatic carbocycles. The molecule has 0 fully saturated rings. The van der Waals surface area contributed by atoms with Crippen LogP contribution in [0.5, 0.6) is 0 Å². The third-order valence-corrected chi connectivity index (χ3v) is 3.12. The number of aryl methyl sites for hydroxylation is 1. The van der Waals surface area contributed by atoms with Gasteiger partial charge in [0.1, 0.15) is 6.10 Å². The van der Waals surface area contributed by atoms with Crippen molar-refractivity contribution in [3.63, 3.8) is 0 Å². The van der Waals surface area contributed by atoms with Crippen molar-refractivity contribution in [2.75, 3.05) is 7.11 Å². The van der Waals surface area contributed by atoms with Crippen molar-refractivity contribution < 1.29 is 9.53 Å². The Kier molecular flexibility index (Phi) is 5.66. The Morgan fingerprint density at radius 2 is 2.18 bits per heavy atom. The molecule has 0 bridgehead atoms. The summed E-state index contributed by atoms with van der Waals surface area (Å²) in [6.45, 7) is 4.02. The van der Waals surface area contributed by atoms with Crippen molar-refractivity contribution in [1.29, 1.82) is 0 Å². The van der Waals surface area contributed by atoms with E-state index in [2.05, 4.69) is 0 Å². The van der Waals surface area contributed by atoms with Crippen LogP contribution in [0.4, 0.5) is 0 Å². The normalized spacial score (nSPS) is 12.5. The quantitative estimate of drug-likeness (QED) is 0.776. The standard InChI is InChI=1S/C14H19ClO2/c1-4-5-14(17-3)13(16)9-11-7-6-10(2)8-12(11)15/h6-8,14H,4-5,9H2,1-3H3. The molecule has 1 atom stereocenters. The molecule has 0 aliphatic rings. The van der Waals surface area contributed by atoms with Gasteiger partial charge in [0.2, 0.25) is 0 Å². The number of halogens is 1. The van der Waals surface area contributed by atoms with Gasteiger partial charge in [0.05, 0.1) is 0 Å². The van der Waals surface area contributed by atoms with Gasteiger partial charge in [-0.1, -0.05) is 37.1 Å². The molecular formula is C14H19ClO2. The summed E-state index contributed by atoms with van der Waals surface area (Å²) in [6, 6.07) is 5.76. The maximum atomic E-state index is 12.0. The van der Waals surface area contributed by atoms with Crippen molar-refractivity contribution in [2.24, 2.45) is 0 Å². The van der Waals surface area contributed by atoms with Gasteiger partial charge in [-0.15, -0.1) is 0 Å². The van der Waals surface area contributed by atoms with Gasteiger partial charge in [-0.25, -0.2) is 0 Å². The minimum Gasteiger partial charge on any atom is -0.374 e. The summed E-state index contributed by atoms with van der Waals surface area (Å²) in [6.07, 6.45) is 1.74. The van der Waals surface area contributed by atoms with Crippen molar-refractivity contribution in [3.8, 4) is 0 Å². The molecule has 17 heavy (non-hydrogen) atoms. The first-order valence-electron chi connectivity index (χ1n) is 5.89. The monoisotopic (exact) mass is 254 g/mol. The lowest BCUT2D eigenvalue weighted by molar-refractivity contribution is -0.128. The fourth-order valence-electron chi connectivity index (χ4n) is 1.77. The van der Waals surface area contributed by atoms with E-state index in [9.17, 15) is 4.79 Å². The molecule has 3 heteroatoms. The number of carbonyl (C=O) groups excluding carboxylic acids is 1. The minimum absolute atomic E-state index is 0.0973. The fourth-order valence-corrected chi connectivity index (χ4v) is 2.07. The summed E-state index contributed by atoms with van der Waals surface area (Å²) in [5.74, 6) is 0.0973. The number of Topliss-reactive ketones (excluding diaryl/α,β-unsaturated/α-hetero) is 1. The van der Waals surface area contributed by atoms with Gasteiger partial charge in [0.15, 0.2) is 5.78 Å². The van der Waals surface area contributed by atoms with E-state index in [1.807, 2.05) is 32.0 Å². The van der Waals surface area contributed by atoms with Crippen LogP contribution in [0.2, 0.25) is 5.02 Å². The van der Waals surface area contributed by atoms with Gasteiger partial charge >= 0.3 is 0 Å². The smallest absolute Gasteiger partial charge is 0.165 e. The van der Waals surface area contributed by atoms with Crippen LogP contribution in [0.25, 0.3) is 0 Å². The van der Waals surface area contributed by atoms with Crippen LogP contribution in [0, 0.1) is 6.92 Å². The van der Waals surface area contributed by atoms with Gasteiger partial charge in [-0.2, -0.15) is 0 Å². The van der Waals surface area contributed by atoms with Crippen LogP contribution in [-0.4, -0.2) is 19.0 Å². The Morgan fingerprint density at radius 3 is 2.71 bits per heavy atom. The summed E-state index contributed by atoms with van der Waals surface area (Å²) in [5, 5.41) is 0.657. The van der Waals surface area contributed by atoms with E-state index in [4.69, 9.17) is 16.3 Å². The molecule has 0 heterocycles. The average molecular weight is 255 g/mol. The van der Waals surface area contributed by atoms with Crippen LogP contribution in [-0.2, 0) is 16.0 Å². The number of ether oxygens (including phenoxy) is 1. The van der Waals surface area contributed by atoms with Crippen molar-refractivity contribution >= 4 is 17.4 Å². The van der Waals surface area contributed by atoms with Gasteiger partial charge < -0.3 is 4.74 Å². The van der Waals surface area contributed by atoms with Crippen molar-refractivity contribution in [2.45, 2.75) is 39.2 Å². The van der Waals surface area contributed by atoms with E-state index in [0.29, 0.717) is 11.4 Å². The molecule has 94 valence electrons. The molecule has 0 radical (unpaired) electrons. The summed E-state index contributed by atoms with van der Waals surface area (Å²) >= 11 is 6.11. The van der Waals surface area contributed by atoms with Crippen LogP contribution in [0.1, 0.15) is 30.9 Å². The highest BCUT2D eigenvalue weighted by Crippen LogP contribution is 2.19. The second kappa shape index (κ2) is 6.77. The van der Waals surface area contributed by atoms with Crippen LogP contribution in [0.15, 0.2) is 18.2 Å². The van der Waals surface area contributed by atoms with E-state index in [1.54, 1.807) is 7.11 Å². The molecule has 0 spiro atoms. The number of benzene rings is 1. The summed E-state index contributed by atoms with van der Waals surface area (Å²) in [5.41, 5.74) is 1.98. The largest absolute Gasteiger partial charge is 0.374 e. The van der Waals surface area contributed by atoms with E-state index in [-0.39, 0.29) is 11.9 Å². The fraction of sp³-hybridized carbons (Fsp3) is 0.500. The van der Waals surface area contributed by atoms with Crippen molar-refractivity contribution in [3.05, 3.63) is 34.3 Å². The molecule has 1 unspecified atom stereocenters. The van der Waals surface area contributed by atoms with Crippen LogP contribution < -0.4 is 0 Å². The molecule has 1 aromatic carbocycles. The number of ketones is 1. The summed E-state index contributed by atoms with van der Waals surface area (Å²) in [4.78, 5) is 12.0. The number of rotatable bonds is 6. The number of hydrogen-bond acceptors (Lipinski definition) is 2. The lowest BCUT2D eigenvalue weighted by Gasteiger charge is -2.13. The molecular weight excluding hydrogens is 236 g/mol. The highest BCUT2D eigenvalue weighted by atomic mass is 35.5. The second-order valence-corrected chi connectivity index (χ2v) is 4.66. The Hall–Kier alpha value is -0.860. The molecule has 0 aliphatic heterocycles. The van der Waals surface area contributed by atoms with Crippen LogP contribution >= 0.6 is 11.6 Å². The second-order valence-electron chi connectivity index (χ2n) is 4.25. The third kappa shape index (κ3) is 4.14. The third-order valence-electron chi connectivity index (χ3n) is 2.77. The molecule has 0 saturated carbocycles. The molecule has 2 nitrogen and oxygen atoms in total. The molecule has 0 N–H and O–H groups in total. The lowest BCUT2D eigenvalue weighted by atomic mass is 10.0. The topological polar surface area (TPSA) is 26.3 Å². The Bertz CT molecular complexity index is 388. The Morgan fingerprint density at radius 1 is 1.47 bits per heavy atom. The zero-order valence-electron chi connectivity index (χ0n) is 10.6. The minimum atomic E-state index is -0.308. The zero-order valence-corrected chi connectivity index (χ0v) is 11.4. The SMILES string of the molecule is CCCC(OC)C(=O)Cc1ccc(C)cc1Cl. The van der Waals surface area contributed by atoms with Gasteiger partial charge in [0, 0.05) is 18.6 Å². The first-order chi connectivity index (χ1) is 8.08. The van der Waals surface area contributed by atoms with Gasteiger partial charge in [-0.05, 0) is 30.5 Å². The maximum Gasteiger partial charge on any atom is 0.165 e. The number of hydrogen-bond donors (Lipinski definition) is 0. The van der Waals surface area contributed by atoms with Crippen LogP contribution in [0.3, 0.4) is 0 Å². The molecule has 0 amide bonds. The zero-order chi connectivity index (χ0) is 12.8. The average Bonchev–Trinajstić information content (AvgIpc) is 2.29. The van der Waals surface area contributed by atoms with Gasteiger partial charge in [0.25, 0.3) is 0 Å². The molecule has 1 aromatic rings. The molecule has 1 rings (SSSR count). The highest BCUT2D eigenvalue weighted by molar-refractivity contribution is 6.31. The Labute approximate surface area is 108 Å². The van der Waals surface area contributed by atoms with Crippen molar-refractivity contribution in [1.82, 2.24) is 0 Å². The predicted molar refractivity (Wildman–Crippen MR) is 70.6 cm³/mol. The molecule has 0 saturated heterocycles. The highest BCUT2D eigenvalue weighted by Gasteiger charge is 2.17. The predicted octanol–water partition coefficient (Wildman–Crippen LogP) is 3.58. The lowest BCUT2D eigenvalue weighted by Crippen LogP contribution is -2.24. The summed E-state index contributed by atoms with van der Waals surface area (Å²) in [7, 11) is 1.58. The first-order valence-corrected chi connectivity index (χ1v) is 6.26. The number of carbonyl (C=O) groups is 1. The number of methoxy groups -OCH3 is 1. The molecule has 0 aromatic heterocycles. The Balaban J connectivity index is 2.73. The van der Waals surface area contributed by atoms with Gasteiger partial charge in [-0.3, -0.25) is 4.79 Å².